The van der Waals surface area contributed by atoms with Crippen molar-refractivity contribution in [1.29, 1.82) is 0 Å². The second-order valence-electron chi connectivity index (χ2n) is 12.6. The van der Waals surface area contributed by atoms with E-state index in [0.717, 1.165) is 36.6 Å². The van der Waals surface area contributed by atoms with Crippen LogP contribution in [0.5, 0.6) is 0 Å². The van der Waals surface area contributed by atoms with Crippen LogP contribution >= 0.6 is 0 Å². The summed E-state index contributed by atoms with van der Waals surface area (Å²) in [7, 11) is 2.83. The van der Waals surface area contributed by atoms with Gasteiger partial charge in [-0.2, -0.15) is 0 Å². The average Bonchev–Trinajstić information content (AvgIpc) is 3.51. The monoisotopic (exact) mass is 669 g/mol. The third-order valence-electron chi connectivity index (χ3n) is 9.84. The Kier molecular flexibility index (Phi) is 6.20. The molecule has 226 valence electrons. The molecule has 1 fully saturated rings. The number of imide groups is 2. The van der Waals surface area contributed by atoms with Crippen molar-refractivity contribution >= 4 is 54.4 Å². The van der Waals surface area contributed by atoms with Crippen molar-refractivity contribution in [2.75, 3.05) is 19.0 Å². The van der Waals surface area contributed by atoms with Crippen LogP contribution in [0.25, 0.3) is 6.08 Å². The summed E-state index contributed by atoms with van der Waals surface area (Å²) in [5, 5.41) is 0. The van der Waals surface area contributed by atoms with E-state index in [1.165, 1.54) is 41.0 Å². The van der Waals surface area contributed by atoms with Gasteiger partial charge in [0.2, 0.25) is 0 Å². The summed E-state index contributed by atoms with van der Waals surface area (Å²) in [5.74, 6) is -1.16. The van der Waals surface area contributed by atoms with Gasteiger partial charge in [0.05, 0.1) is 0 Å². The number of benzene rings is 4. The van der Waals surface area contributed by atoms with Crippen LogP contribution < -0.4 is 4.90 Å². The van der Waals surface area contributed by atoms with E-state index in [-0.39, 0.29) is 25.5 Å². The summed E-state index contributed by atoms with van der Waals surface area (Å²) in [6.07, 6.45) is 1.72. The summed E-state index contributed by atoms with van der Waals surface area (Å²) in [5.41, 5.74) is 8.56. The molecule has 1 aromatic heterocycles. The van der Waals surface area contributed by atoms with Crippen molar-refractivity contribution in [3.8, 4) is 0 Å². The molecule has 46 heavy (non-hydrogen) atoms. The van der Waals surface area contributed by atoms with E-state index in [1.54, 1.807) is 6.08 Å². The summed E-state index contributed by atoms with van der Waals surface area (Å²) in [6.45, 7) is 4.61. The molecule has 0 saturated carbocycles. The normalized spacial score (nSPS) is 17.4. The molecule has 7 heteroatoms. The summed E-state index contributed by atoms with van der Waals surface area (Å²) >= 11 is -0.282. The van der Waals surface area contributed by atoms with Crippen molar-refractivity contribution in [1.82, 2.24) is 9.80 Å². The zero-order chi connectivity index (χ0) is 32.0. The summed E-state index contributed by atoms with van der Waals surface area (Å²) in [6, 6.07) is 38.2. The van der Waals surface area contributed by atoms with Crippen LogP contribution in [0, 0.1) is 0 Å². The quantitative estimate of drug-likeness (QED) is 0.116. The van der Waals surface area contributed by atoms with Crippen molar-refractivity contribution in [3.05, 3.63) is 153 Å². The van der Waals surface area contributed by atoms with E-state index in [1.807, 2.05) is 12.1 Å². The number of hydrogen-bond donors (Lipinski definition) is 0. The molecule has 0 spiro atoms. The standard InChI is InChI=1S/C39H31N3O3Se/c1-38(2)28-18-11-12-21-32(28)42-33-29(38)19-13-20-30(33)39(24-14-7-5-8-15-24,25-16-9-6-10-17-25)31-23-26(46-36(31)42)22-27-34(43)40(3)37(45)41(4)35(27)44/h5-23H,1-4H3. The molecular formula is C39H31N3O3Se. The van der Waals surface area contributed by atoms with Gasteiger partial charge in [-0.3, -0.25) is 0 Å². The number of anilines is 3. The van der Waals surface area contributed by atoms with Gasteiger partial charge in [-0.15, -0.1) is 0 Å². The van der Waals surface area contributed by atoms with Gasteiger partial charge in [0.15, 0.2) is 0 Å². The van der Waals surface area contributed by atoms with Crippen LogP contribution in [0.4, 0.5) is 20.7 Å². The fourth-order valence-corrected chi connectivity index (χ4v) is 10.1. The first kappa shape index (κ1) is 28.5. The number of carbonyl (C=O) groups is 3. The van der Waals surface area contributed by atoms with Crippen LogP contribution in [0.15, 0.2) is 115 Å². The van der Waals surface area contributed by atoms with Gasteiger partial charge < -0.3 is 0 Å². The van der Waals surface area contributed by atoms with Crippen LogP contribution in [0.3, 0.4) is 0 Å². The number of nitrogens with zero attached hydrogens (tertiary/aromatic N) is 3. The van der Waals surface area contributed by atoms with E-state index in [4.69, 9.17) is 0 Å². The van der Waals surface area contributed by atoms with Gasteiger partial charge in [-0.1, -0.05) is 0 Å². The zero-order valence-electron chi connectivity index (χ0n) is 25.9. The Morgan fingerprint density at radius 2 is 1.17 bits per heavy atom. The number of likely N-dealkylation sites (N-methyl/N-ethyl adjacent to an activating group) is 2. The van der Waals surface area contributed by atoms with Crippen molar-refractivity contribution in [2.24, 2.45) is 0 Å². The van der Waals surface area contributed by atoms with E-state index in [0.29, 0.717) is 0 Å². The molecule has 0 aliphatic carbocycles. The summed E-state index contributed by atoms with van der Waals surface area (Å²) < 4.78 is 2.07. The van der Waals surface area contributed by atoms with E-state index < -0.39 is 23.3 Å². The number of urea groups is 1. The first-order chi connectivity index (χ1) is 22.2. The molecular weight excluding hydrogens is 637 g/mol. The fourth-order valence-electron chi connectivity index (χ4n) is 7.60. The van der Waals surface area contributed by atoms with Gasteiger partial charge in [-0.25, -0.2) is 0 Å². The van der Waals surface area contributed by atoms with Crippen LogP contribution in [-0.4, -0.2) is 56.2 Å². The predicted octanol–water partition coefficient (Wildman–Crippen LogP) is 6.98. The third-order valence-corrected chi connectivity index (χ3v) is 12.1. The van der Waals surface area contributed by atoms with Gasteiger partial charge in [0.1, 0.15) is 0 Å². The maximum absolute atomic E-state index is 13.3. The van der Waals surface area contributed by atoms with Gasteiger partial charge in [0, 0.05) is 0 Å². The SMILES string of the molecule is CN1C(=O)C(=Cc2cc3c([se]2)N2c4ccccc4C(C)(C)c4cccc(c42)C3(c2ccccc2)c2ccccc2)C(=O)N(C)C1=O. The summed E-state index contributed by atoms with van der Waals surface area (Å²) in [4.78, 5) is 43.6. The Hall–Kier alpha value is -4.97. The number of rotatable bonds is 3. The Bertz CT molecular complexity index is 2060. The van der Waals surface area contributed by atoms with Crippen molar-refractivity contribution in [3.63, 3.8) is 0 Å². The van der Waals surface area contributed by atoms with Gasteiger partial charge in [-0.05, 0) is 0 Å². The average molecular weight is 669 g/mol. The third kappa shape index (κ3) is 3.67. The molecule has 3 aliphatic rings. The Labute approximate surface area is 273 Å². The molecule has 8 rings (SSSR count). The molecule has 0 atom stereocenters. The zero-order valence-corrected chi connectivity index (χ0v) is 27.7. The molecule has 5 aromatic rings. The second kappa shape index (κ2) is 10.0. The Balaban J connectivity index is 1.50. The molecule has 1 saturated heterocycles. The molecule has 0 bridgehead atoms. The first-order valence-electron chi connectivity index (χ1n) is 15.3. The van der Waals surface area contributed by atoms with Crippen LogP contribution in [0.2, 0.25) is 0 Å². The molecule has 0 radical (unpaired) electrons. The van der Waals surface area contributed by atoms with Crippen LogP contribution in [0.1, 0.15) is 51.7 Å². The number of hydrogen-bond acceptors (Lipinski definition) is 4. The molecule has 6 nitrogen and oxygen atoms in total. The van der Waals surface area contributed by atoms with Gasteiger partial charge in [0.25, 0.3) is 0 Å². The van der Waals surface area contributed by atoms with Crippen LogP contribution in [-0.2, 0) is 20.4 Å². The predicted molar refractivity (Wildman–Crippen MR) is 181 cm³/mol. The number of fused-ring (bicyclic) bond motifs is 4. The Morgan fingerprint density at radius 3 is 1.80 bits per heavy atom. The molecule has 3 aliphatic heterocycles. The fraction of sp³-hybridized carbons (Fsp3) is 0.154. The molecule has 0 N–H and O–H groups in total. The minimum absolute atomic E-state index is 0.000903. The molecule has 0 unspecified atom stereocenters. The number of para-hydroxylation sites is 2. The van der Waals surface area contributed by atoms with Gasteiger partial charge >= 0.3 is 275 Å². The number of barbiturate groups is 1. The van der Waals surface area contributed by atoms with E-state index >= 15 is 0 Å². The van der Waals surface area contributed by atoms with E-state index in [2.05, 4.69) is 116 Å². The second-order valence-corrected chi connectivity index (χ2v) is 14.8. The molecule has 4 heterocycles. The van der Waals surface area contributed by atoms with Crippen molar-refractivity contribution in [2.45, 2.75) is 24.7 Å². The number of amides is 4. The molecule has 4 aromatic carbocycles. The Morgan fingerprint density at radius 1 is 0.630 bits per heavy atom. The van der Waals surface area contributed by atoms with Crippen molar-refractivity contribution < 1.29 is 14.4 Å². The minimum atomic E-state index is -0.659. The number of carbonyl (C=O) groups excluding carboxylic acids is 3. The maximum atomic E-state index is 13.3. The first-order valence-corrected chi connectivity index (χ1v) is 17.0. The topological polar surface area (TPSA) is 60.9 Å². The molecule has 4 amide bonds. The van der Waals surface area contributed by atoms with E-state index in [9.17, 15) is 14.4 Å².